The molecule has 0 bridgehead atoms. The first-order valence-corrected chi connectivity index (χ1v) is 20.9. The summed E-state index contributed by atoms with van der Waals surface area (Å²) in [5, 5.41) is 8.66. The summed E-state index contributed by atoms with van der Waals surface area (Å²) in [5.74, 6) is 1.96. The molecule has 4 aromatic heterocycles. The predicted molar refractivity (Wildman–Crippen MR) is 246 cm³/mol. The summed E-state index contributed by atoms with van der Waals surface area (Å²) in [4.78, 5) is 20.4. The van der Waals surface area contributed by atoms with Gasteiger partial charge in [-0.2, -0.15) is 0 Å². The van der Waals surface area contributed by atoms with Gasteiger partial charge < -0.3 is 0 Å². The van der Waals surface area contributed by atoms with Crippen LogP contribution in [0.1, 0.15) is 0 Å². The number of benzene rings is 8. The van der Waals surface area contributed by atoms with E-state index >= 15 is 0 Å². The molecule has 0 amide bonds. The lowest BCUT2D eigenvalue weighted by Gasteiger charge is -2.11. The number of nitrogens with zero attached hydrogens (tertiary/aromatic N) is 4. The van der Waals surface area contributed by atoms with E-state index in [0.29, 0.717) is 17.5 Å². The summed E-state index contributed by atoms with van der Waals surface area (Å²) in [6, 6.07) is 64.3. The molecule has 6 heteroatoms. The van der Waals surface area contributed by atoms with Gasteiger partial charge in [0, 0.05) is 78.8 Å². The molecule has 0 saturated carbocycles. The van der Waals surface area contributed by atoms with Crippen LogP contribution in [0, 0.1) is 0 Å². The zero-order valence-corrected chi connectivity index (χ0v) is 32.6. The first-order chi connectivity index (χ1) is 28.7. The quantitative estimate of drug-likeness (QED) is 0.163. The highest BCUT2D eigenvalue weighted by Gasteiger charge is 2.19. The summed E-state index contributed by atoms with van der Waals surface area (Å²) in [6.45, 7) is 0. The topological polar surface area (TPSA) is 51.6 Å². The van der Waals surface area contributed by atoms with Gasteiger partial charge in [0.1, 0.15) is 0 Å². The second-order valence-corrected chi connectivity index (χ2v) is 16.7. The number of rotatable bonds is 5. The minimum Gasteiger partial charge on any atom is -0.247 e. The zero-order valence-electron chi connectivity index (χ0n) is 30.9. The van der Waals surface area contributed by atoms with Crippen LogP contribution in [0.15, 0.2) is 182 Å². The molecule has 8 aromatic carbocycles. The van der Waals surface area contributed by atoms with Gasteiger partial charge >= 0.3 is 0 Å². The molecule has 0 fully saturated rings. The van der Waals surface area contributed by atoms with Crippen LogP contribution in [0.2, 0.25) is 0 Å². The molecule has 0 aliphatic heterocycles. The largest absolute Gasteiger partial charge is 0.247 e. The van der Waals surface area contributed by atoms with Crippen LogP contribution in [0.5, 0.6) is 0 Å². The Kier molecular flexibility index (Phi) is 7.55. The first-order valence-electron chi connectivity index (χ1n) is 19.3. The van der Waals surface area contributed by atoms with Crippen molar-refractivity contribution in [3.05, 3.63) is 182 Å². The van der Waals surface area contributed by atoms with E-state index in [1.54, 1.807) is 11.3 Å². The Balaban J connectivity index is 0.991. The Bertz CT molecular complexity index is 3560. The van der Waals surface area contributed by atoms with Crippen molar-refractivity contribution in [3.63, 3.8) is 0 Å². The van der Waals surface area contributed by atoms with E-state index in [1.807, 2.05) is 29.5 Å². The predicted octanol–water partition coefficient (Wildman–Crippen LogP) is 14.6. The summed E-state index contributed by atoms with van der Waals surface area (Å²) >= 11 is 3.67. The smallest absolute Gasteiger partial charge is 0.164 e. The van der Waals surface area contributed by atoms with Gasteiger partial charge in [-0.05, 0) is 35.4 Å². The van der Waals surface area contributed by atoms with Gasteiger partial charge in [0.25, 0.3) is 0 Å². The van der Waals surface area contributed by atoms with Crippen molar-refractivity contribution in [2.45, 2.75) is 0 Å². The standard InChI is InChI=1S/C52H30N4S2/c1-3-12-32(13-4-1)48-40-28-29-41-46-36(18-11-21-44(46)58-49(41)47(40)39-17-7-9-19-42(39)53-48)31-22-24-34(25-23-31)51-54-50(33-14-5-2-6-15-33)55-52(56-51)35-26-27-38-37-16-8-10-20-43(37)57-45(38)30-35/h1-30H. The SMILES string of the molecule is c1ccc(-c2nc(-c3ccc(-c4cccc5sc6c(ccc7c(-c8ccccc8)nc8ccccc8c76)c45)cc3)nc(-c3ccc4c(c3)sc3ccccc34)n2)cc1. The van der Waals surface area contributed by atoms with E-state index in [1.165, 1.54) is 62.1 Å². The second kappa shape index (κ2) is 13.2. The Morgan fingerprint density at radius 2 is 0.879 bits per heavy atom. The van der Waals surface area contributed by atoms with Crippen LogP contribution >= 0.6 is 22.7 Å². The van der Waals surface area contributed by atoms with E-state index in [9.17, 15) is 0 Å². The number of hydrogen-bond acceptors (Lipinski definition) is 6. The van der Waals surface area contributed by atoms with Crippen molar-refractivity contribution in [3.8, 4) is 56.5 Å². The molecule has 0 atom stereocenters. The van der Waals surface area contributed by atoms with Crippen LogP contribution in [0.25, 0.3) is 119 Å². The minimum absolute atomic E-state index is 0.646. The third-order valence-corrected chi connectivity index (χ3v) is 13.5. The van der Waals surface area contributed by atoms with E-state index in [2.05, 4.69) is 164 Å². The molecule has 4 heterocycles. The van der Waals surface area contributed by atoms with Gasteiger partial charge in [-0.15, -0.1) is 22.7 Å². The molecule has 4 nitrogen and oxygen atoms in total. The average molecular weight is 775 g/mol. The van der Waals surface area contributed by atoms with Gasteiger partial charge in [-0.1, -0.05) is 158 Å². The fourth-order valence-corrected chi connectivity index (χ4v) is 10.8. The summed E-state index contributed by atoms with van der Waals surface area (Å²) in [5.41, 5.74) is 8.36. The fraction of sp³-hybridized carbons (Fsp3) is 0. The molecule has 0 aliphatic rings. The zero-order chi connectivity index (χ0) is 38.2. The van der Waals surface area contributed by atoms with Crippen molar-refractivity contribution in [2.24, 2.45) is 0 Å². The summed E-state index contributed by atoms with van der Waals surface area (Å²) < 4.78 is 5.04. The van der Waals surface area contributed by atoms with E-state index in [4.69, 9.17) is 19.9 Å². The van der Waals surface area contributed by atoms with Crippen LogP contribution in [0.3, 0.4) is 0 Å². The highest BCUT2D eigenvalue weighted by atomic mass is 32.1. The molecule has 12 rings (SSSR count). The van der Waals surface area contributed by atoms with Crippen molar-refractivity contribution < 1.29 is 0 Å². The molecule has 0 saturated heterocycles. The molecular weight excluding hydrogens is 745 g/mol. The number of aromatic nitrogens is 4. The van der Waals surface area contributed by atoms with Gasteiger partial charge in [-0.3, -0.25) is 0 Å². The highest BCUT2D eigenvalue weighted by Crippen LogP contribution is 2.46. The third-order valence-electron chi connectivity index (χ3n) is 11.1. The number of hydrogen-bond donors (Lipinski definition) is 0. The lowest BCUT2D eigenvalue weighted by Crippen LogP contribution is -2.00. The summed E-state index contributed by atoms with van der Waals surface area (Å²) in [6.07, 6.45) is 0. The van der Waals surface area contributed by atoms with Gasteiger partial charge in [0.15, 0.2) is 17.5 Å². The lowest BCUT2D eigenvalue weighted by molar-refractivity contribution is 1.07. The van der Waals surface area contributed by atoms with E-state index in [0.717, 1.165) is 39.0 Å². The number of para-hydroxylation sites is 1. The average Bonchev–Trinajstić information content (AvgIpc) is 3.87. The molecule has 0 radical (unpaired) electrons. The summed E-state index contributed by atoms with van der Waals surface area (Å²) in [7, 11) is 0. The molecule has 0 aliphatic carbocycles. The molecule has 0 N–H and O–H groups in total. The molecule has 0 unspecified atom stereocenters. The Labute approximate surface area is 341 Å². The number of fused-ring (bicyclic) bond motifs is 10. The van der Waals surface area contributed by atoms with Crippen molar-refractivity contribution in [1.29, 1.82) is 0 Å². The fourth-order valence-electron chi connectivity index (χ4n) is 8.39. The second-order valence-electron chi connectivity index (χ2n) is 14.5. The van der Waals surface area contributed by atoms with Crippen LogP contribution in [-0.4, -0.2) is 19.9 Å². The lowest BCUT2D eigenvalue weighted by atomic mass is 9.95. The number of thiophene rings is 2. The van der Waals surface area contributed by atoms with Crippen LogP contribution < -0.4 is 0 Å². The number of pyridine rings is 1. The van der Waals surface area contributed by atoms with Crippen LogP contribution in [0.4, 0.5) is 0 Å². The molecule has 58 heavy (non-hydrogen) atoms. The maximum absolute atomic E-state index is 5.19. The van der Waals surface area contributed by atoms with Crippen molar-refractivity contribution in [1.82, 2.24) is 19.9 Å². The first kappa shape index (κ1) is 33.1. The Morgan fingerprint density at radius 3 is 1.67 bits per heavy atom. The minimum atomic E-state index is 0.646. The molecule has 0 spiro atoms. The molecular formula is C52H30N4S2. The Hall–Kier alpha value is -7.12. The van der Waals surface area contributed by atoms with E-state index in [-0.39, 0.29) is 0 Å². The van der Waals surface area contributed by atoms with Crippen molar-refractivity contribution >= 4 is 84.7 Å². The highest BCUT2D eigenvalue weighted by molar-refractivity contribution is 7.27. The van der Waals surface area contributed by atoms with Gasteiger partial charge in [-0.25, -0.2) is 19.9 Å². The van der Waals surface area contributed by atoms with E-state index < -0.39 is 0 Å². The van der Waals surface area contributed by atoms with Gasteiger partial charge in [0.2, 0.25) is 0 Å². The Morgan fingerprint density at radius 1 is 0.310 bits per heavy atom. The monoisotopic (exact) mass is 774 g/mol. The third kappa shape index (κ3) is 5.34. The van der Waals surface area contributed by atoms with Crippen LogP contribution in [-0.2, 0) is 0 Å². The van der Waals surface area contributed by atoms with Gasteiger partial charge in [0.05, 0.1) is 11.2 Å². The maximum atomic E-state index is 5.19. The molecule has 12 aromatic rings. The van der Waals surface area contributed by atoms with Crippen molar-refractivity contribution in [2.75, 3.05) is 0 Å². The maximum Gasteiger partial charge on any atom is 0.164 e. The normalized spacial score (nSPS) is 11.8. The molecule has 270 valence electrons.